The van der Waals surface area contributed by atoms with Crippen LogP contribution in [0.2, 0.25) is 0 Å². The van der Waals surface area contributed by atoms with E-state index in [1.807, 2.05) is 35.2 Å². The largest absolute Gasteiger partial charge is 0.338 e. The Morgan fingerprint density at radius 2 is 2.09 bits per heavy atom. The van der Waals surface area contributed by atoms with E-state index in [2.05, 4.69) is 10.1 Å². The molecule has 0 bridgehead atoms. The third kappa shape index (κ3) is 4.60. The van der Waals surface area contributed by atoms with Crippen molar-refractivity contribution >= 4 is 10.0 Å². The summed E-state index contributed by atoms with van der Waals surface area (Å²) in [5, 5.41) is 9.15. The minimum atomic E-state index is -3.48. The van der Waals surface area contributed by atoms with E-state index in [1.165, 1.54) is 0 Å². The number of nitrogens with two attached hydrogens (primary N) is 1. The van der Waals surface area contributed by atoms with Gasteiger partial charge in [0.25, 0.3) is 0 Å². The highest BCUT2D eigenvalue weighted by atomic mass is 32.2. The highest BCUT2D eigenvalue weighted by Gasteiger charge is 2.29. The summed E-state index contributed by atoms with van der Waals surface area (Å²) < 4.78 is 27.9. The molecule has 0 spiro atoms. The maximum atomic E-state index is 11.3. The van der Waals surface area contributed by atoms with Crippen molar-refractivity contribution in [3.63, 3.8) is 0 Å². The van der Waals surface area contributed by atoms with Gasteiger partial charge < -0.3 is 4.52 Å². The highest BCUT2D eigenvalue weighted by Crippen LogP contribution is 2.20. The minimum absolute atomic E-state index is 0.0298. The van der Waals surface area contributed by atoms with Crippen molar-refractivity contribution in [1.82, 2.24) is 15.0 Å². The molecule has 0 unspecified atom stereocenters. The fourth-order valence-electron chi connectivity index (χ4n) is 2.94. The summed E-state index contributed by atoms with van der Waals surface area (Å²) in [5.41, 5.74) is 1.12. The van der Waals surface area contributed by atoms with Crippen molar-refractivity contribution in [3.8, 4) is 0 Å². The molecule has 2 heterocycles. The summed E-state index contributed by atoms with van der Waals surface area (Å²) >= 11 is 0. The molecule has 0 saturated carbocycles. The van der Waals surface area contributed by atoms with Gasteiger partial charge >= 0.3 is 0 Å². The van der Waals surface area contributed by atoms with Gasteiger partial charge in [0, 0.05) is 12.5 Å². The van der Waals surface area contributed by atoms with Crippen LogP contribution >= 0.6 is 0 Å². The molecule has 2 aromatic rings. The number of nitrogens with zero attached hydrogens (tertiary/aromatic N) is 3. The van der Waals surface area contributed by atoms with Gasteiger partial charge in [-0.3, -0.25) is 4.90 Å². The third-order valence-electron chi connectivity index (χ3n) is 3.98. The highest BCUT2D eigenvalue weighted by molar-refractivity contribution is 7.89. The molecule has 0 aliphatic carbocycles. The monoisotopic (exact) mass is 336 g/mol. The van der Waals surface area contributed by atoms with Gasteiger partial charge in [-0.25, -0.2) is 13.6 Å². The van der Waals surface area contributed by atoms with Crippen LogP contribution in [0.1, 0.15) is 30.1 Å². The maximum absolute atomic E-state index is 11.3. The van der Waals surface area contributed by atoms with E-state index < -0.39 is 10.0 Å². The molecule has 1 fully saturated rings. The van der Waals surface area contributed by atoms with Gasteiger partial charge in [-0.1, -0.05) is 35.5 Å². The quantitative estimate of drug-likeness (QED) is 0.841. The number of benzene rings is 1. The predicted molar refractivity (Wildman–Crippen MR) is 85.0 cm³/mol. The van der Waals surface area contributed by atoms with Gasteiger partial charge in [0.15, 0.2) is 5.82 Å². The van der Waals surface area contributed by atoms with Gasteiger partial charge in [-0.2, -0.15) is 4.98 Å². The molecule has 1 atom stereocenters. The number of sulfonamides is 1. The molecule has 1 aliphatic heterocycles. The predicted octanol–water partition coefficient (Wildman–Crippen LogP) is 0.913. The zero-order valence-electron chi connectivity index (χ0n) is 12.8. The Labute approximate surface area is 135 Å². The lowest BCUT2D eigenvalue weighted by Gasteiger charge is -2.21. The van der Waals surface area contributed by atoms with E-state index in [-0.39, 0.29) is 11.8 Å². The van der Waals surface area contributed by atoms with Gasteiger partial charge in [0.05, 0.1) is 12.3 Å². The van der Waals surface area contributed by atoms with Crippen molar-refractivity contribution in [2.24, 2.45) is 5.14 Å². The second-order valence-corrected chi connectivity index (χ2v) is 7.52. The van der Waals surface area contributed by atoms with Crippen LogP contribution in [-0.4, -0.2) is 41.8 Å². The fraction of sp³-hybridized carbons (Fsp3) is 0.467. The Balaban J connectivity index is 1.62. The molecule has 124 valence electrons. The molecular formula is C15H20N4O3S. The van der Waals surface area contributed by atoms with Crippen molar-refractivity contribution in [2.75, 3.05) is 12.3 Å². The molecule has 1 aliphatic rings. The summed E-state index contributed by atoms with van der Waals surface area (Å²) in [5.74, 6) is 1.11. The van der Waals surface area contributed by atoms with Crippen LogP contribution in [0.15, 0.2) is 34.9 Å². The molecule has 1 aromatic carbocycles. The first kappa shape index (κ1) is 16.1. The topological polar surface area (TPSA) is 102 Å². The molecule has 1 aromatic heterocycles. The van der Waals surface area contributed by atoms with Crippen LogP contribution < -0.4 is 5.14 Å². The zero-order valence-corrected chi connectivity index (χ0v) is 13.6. The molecule has 23 heavy (non-hydrogen) atoms. The summed E-state index contributed by atoms with van der Waals surface area (Å²) in [7, 11) is -3.48. The van der Waals surface area contributed by atoms with Crippen molar-refractivity contribution in [1.29, 1.82) is 0 Å². The maximum Gasteiger partial charge on any atom is 0.240 e. The van der Waals surface area contributed by atoms with Gasteiger partial charge in [-0.05, 0) is 24.9 Å². The second kappa shape index (κ2) is 6.77. The smallest absolute Gasteiger partial charge is 0.240 e. The normalized spacial score (nSPS) is 19.3. The Hall–Kier alpha value is -1.77. The van der Waals surface area contributed by atoms with Gasteiger partial charge in [0.2, 0.25) is 15.9 Å². The molecule has 8 heteroatoms. The molecule has 7 nitrogen and oxygen atoms in total. The number of rotatable bonds is 6. The van der Waals surface area contributed by atoms with Crippen molar-refractivity contribution < 1.29 is 12.9 Å². The summed E-state index contributed by atoms with van der Waals surface area (Å²) in [6, 6.07) is 9.85. The number of hydrogen-bond donors (Lipinski definition) is 1. The van der Waals surface area contributed by atoms with Gasteiger partial charge in [0.1, 0.15) is 0 Å². The average Bonchev–Trinajstić information content (AvgIpc) is 3.09. The SMILES string of the molecule is NS(=O)(=O)C[C@H]1CCCN1Cc1nc(Cc2ccccc2)no1. The lowest BCUT2D eigenvalue weighted by atomic mass is 10.1. The standard InChI is InChI=1S/C15H20N4O3S/c16-23(20,21)11-13-7-4-8-19(13)10-15-17-14(18-22-15)9-12-5-2-1-3-6-12/h1-3,5-6,13H,4,7-11H2,(H2,16,20,21)/t13-/m1/s1. The lowest BCUT2D eigenvalue weighted by molar-refractivity contribution is 0.222. The zero-order chi connectivity index (χ0) is 16.3. The van der Waals surface area contributed by atoms with Crippen LogP contribution in [0.3, 0.4) is 0 Å². The Bertz CT molecular complexity index is 745. The van der Waals surface area contributed by atoms with Crippen molar-refractivity contribution in [2.45, 2.75) is 31.8 Å². The number of hydrogen-bond acceptors (Lipinski definition) is 6. The summed E-state index contributed by atoms with van der Waals surface area (Å²) in [6.07, 6.45) is 2.39. The van der Waals surface area contributed by atoms with Gasteiger partial charge in [-0.15, -0.1) is 0 Å². The molecular weight excluding hydrogens is 316 g/mol. The van der Waals surface area contributed by atoms with Crippen LogP contribution in [-0.2, 0) is 23.0 Å². The second-order valence-electron chi connectivity index (χ2n) is 5.86. The summed E-state index contributed by atoms with van der Waals surface area (Å²) in [4.78, 5) is 6.45. The number of aromatic nitrogens is 2. The van der Waals surface area contributed by atoms with E-state index in [9.17, 15) is 8.42 Å². The molecule has 3 rings (SSSR count). The first-order valence-electron chi connectivity index (χ1n) is 7.59. The van der Waals surface area contributed by atoms with Crippen LogP contribution in [0, 0.1) is 0 Å². The first-order valence-corrected chi connectivity index (χ1v) is 9.31. The molecule has 1 saturated heterocycles. The molecule has 2 N–H and O–H groups in total. The Morgan fingerprint density at radius 3 is 2.83 bits per heavy atom. The number of likely N-dealkylation sites (tertiary alicyclic amines) is 1. The molecule has 0 radical (unpaired) electrons. The van der Waals surface area contributed by atoms with E-state index in [1.54, 1.807) is 0 Å². The fourth-order valence-corrected chi connectivity index (χ4v) is 3.85. The molecule has 0 amide bonds. The average molecular weight is 336 g/mol. The van der Waals surface area contributed by atoms with E-state index in [0.29, 0.717) is 24.7 Å². The van der Waals surface area contributed by atoms with Crippen LogP contribution in [0.4, 0.5) is 0 Å². The van der Waals surface area contributed by atoms with E-state index >= 15 is 0 Å². The minimum Gasteiger partial charge on any atom is -0.338 e. The first-order chi connectivity index (χ1) is 11.0. The Kier molecular flexibility index (Phi) is 4.74. The van der Waals surface area contributed by atoms with E-state index in [4.69, 9.17) is 9.66 Å². The lowest BCUT2D eigenvalue weighted by Crippen LogP contribution is -2.37. The summed E-state index contributed by atoms with van der Waals surface area (Å²) in [6.45, 7) is 1.28. The van der Waals surface area contributed by atoms with E-state index in [0.717, 1.165) is 24.9 Å². The van der Waals surface area contributed by atoms with Crippen molar-refractivity contribution in [3.05, 3.63) is 47.6 Å². The van der Waals surface area contributed by atoms with Crippen LogP contribution in [0.25, 0.3) is 0 Å². The van der Waals surface area contributed by atoms with Crippen LogP contribution in [0.5, 0.6) is 0 Å². The number of primary sulfonamides is 1. The third-order valence-corrected chi connectivity index (χ3v) is 4.83. The Morgan fingerprint density at radius 1 is 1.30 bits per heavy atom.